The van der Waals surface area contributed by atoms with E-state index in [4.69, 9.17) is 10.5 Å². The zero-order valence-electron chi connectivity index (χ0n) is 17.1. The summed E-state index contributed by atoms with van der Waals surface area (Å²) in [4.78, 5) is 36.6. The van der Waals surface area contributed by atoms with E-state index in [0.29, 0.717) is 0 Å². The van der Waals surface area contributed by atoms with Crippen LogP contribution >= 0.6 is 0 Å². The molecule has 1 aromatic carbocycles. The second-order valence-electron chi connectivity index (χ2n) is 7.10. The highest BCUT2D eigenvalue weighted by atomic mass is 19.4. The van der Waals surface area contributed by atoms with Gasteiger partial charge in [-0.1, -0.05) is 0 Å². The lowest BCUT2D eigenvalue weighted by atomic mass is 10.1. The number of alkyl halides is 8. The predicted molar refractivity (Wildman–Crippen MR) is 99.9 cm³/mol. The van der Waals surface area contributed by atoms with Gasteiger partial charge in [0, 0.05) is 23.5 Å². The molecule has 1 heterocycles. The first-order valence-electron chi connectivity index (χ1n) is 9.37. The summed E-state index contributed by atoms with van der Waals surface area (Å²) in [7, 11) is 0. The van der Waals surface area contributed by atoms with Gasteiger partial charge in [-0.3, -0.25) is 19.3 Å². The molecule has 1 atom stereocenters. The van der Waals surface area contributed by atoms with E-state index < -0.39 is 71.8 Å². The molecule has 34 heavy (non-hydrogen) atoms. The molecule has 0 spiro atoms. The summed E-state index contributed by atoms with van der Waals surface area (Å²) in [5, 5.41) is 1.74. The van der Waals surface area contributed by atoms with E-state index in [1.165, 1.54) is 0 Å². The number of nitrogens with zero attached hydrogens (tertiary/aromatic N) is 2. The quantitative estimate of drug-likeness (QED) is 0.416. The number of carbonyl (C=O) groups excluding carboxylic acids is 3. The molecule has 1 saturated heterocycles. The maximum atomic E-state index is 13.6. The number of rotatable bonds is 8. The van der Waals surface area contributed by atoms with Crippen LogP contribution in [0.4, 0.5) is 46.5 Å². The van der Waals surface area contributed by atoms with Crippen molar-refractivity contribution in [3.8, 4) is 0 Å². The Labute approximate surface area is 186 Å². The summed E-state index contributed by atoms with van der Waals surface area (Å²) in [5.74, 6) is -4.19. The van der Waals surface area contributed by atoms with Gasteiger partial charge < -0.3 is 20.7 Å². The molecular weight excluding hydrogens is 488 g/mol. The van der Waals surface area contributed by atoms with E-state index >= 15 is 0 Å². The average Bonchev–Trinajstić information content (AvgIpc) is 2.65. The number of anilines is 2. The van der Waals surface area contributed by atoms with Crippen LogP contribution in [0, 0.1) is 0 Å². The molecule has 0 bridgehead atoms. The minimum absolute atomic E-state index is 0.0104. The van der Waals surface area contributed by atoms with Crippen LogP contribution < -0.4 is 16.0 Å². The van der Waals surface area contributed by atoms with E-state index in [2.05, 4.69) is 0 Å². The van der Waals surface area contributed by atoms with Crippen LogP contribution in [0.25, 0.3) is 0 Å². The highest BCUT2D eigenvalue weighted by molar-refractivity contribution is 6.10. The number of amides is 3. The fraction of sp³-hybridized carbons (Fsp3) is 0.500. The van der Waals surface area contributed by atoms with E-state index in [9.17, 15) is 49.5 Å². The van der Waals surface area contributed by atoms with E-state index in [-0.39, 0.29) is 25.4 Å². The van der Waals surface area contributed by atoms with Gasteiger partial charge in [0.15, 0.2) is 6.04 Å². The lowest BCUT2D eigenvalue weighted by Crippen LogP contribution is -2.56. The summed E-state index contributed by atoms with van der Waals surface area (Å²) in [6.07, 6.45) is -13.8. The molecule has 0 aliphatic carbocycles. The van der Waals surface area contributed by atoms with Crippen molar-refractivity contribution in [1.82, 2.24) is 4.90 Å². The third-order valence-electron chi connectivity index (χ3n) is 4.47. The van der Waals surface area contributed by atoms with Crippen molar-refractivity contribution in [2.24, 2.45) is 5.73 Å². The lowest BCUT2D eigenvalue weighted by Gasteiger charge is -2.30. The van der Waals surface area contributed by atoms with Crippen LogP contribution in [0.15, 0.2) is 18.2 Å². The average molecular weight is 506 g/mol. The number of halogens is 8. The Morgan fingerprint density at radius 3 is 2.18 bits per heavy atom. The Morgan fingerprint density at radius 2 is 1.71 bits per heavy atom. The minimum atomic E-state index is -5.25. The summed E-state index contributed by atoms with van der Waals surface area (Å²) in [6, 6.07) is 0.0151. The number of hydrogen-bond donors (Lipinski definition) is 2. The molecule has 16 heteroatoms. The molecule has 1 aliphatic heterocycles. The Morgan fingerprint density at radius 1 is 1.12 bits per heavy atom. The monoisotopic (exact) mass is 506 g/mol. The van der Waals surface area contributed by atoms with Crippen LogP contribution in [0.5, 0.6) is 0 Å². The number of hydrogen-bond acceptors (Lipinski definition) is 5. The Balaban J connectivity index is 2.37. The maximum Gasteiger partial charge on any atom is 0.401 e. The molecule has 190 valence electrons. The van der Waals surface area contributed by atoms with E-state index in [1.807, 2.05) is 0 Å². The summed E-state index contributed by atoms with van der Waals surface area (Å²) in [6.45, 7) is -4.82. The second-order valence-corrected chi connectivity index (χ2v) is 7.10. The Hall–Kier alpha value is -3.01. The van der Waals surface area contributed by atoms with Crippen molar-refractivity contribution in [2.75, 3.05) is 43.1 Å². The number of ether oxygens (including phenoxy) is 1. The van der Waals surface area contributed by atoms with Crippen molar-refractivity contribution in [3.05, 3.63) is 23.8 Å². The molecule has 0 saturated carbocycles. The van der Waals surface area contributed by atoms with Crippen molar-refractivity contribution in [2.45, 2.75) is 24.8 Å². The third kappa shape index (κ3) is 7.51. The van der Waals surface area contributed by atoms with Crippen LogP contribution in [0.2, 0.25) is 0 Å². The molecule has 3 N–H and O–H groups in total. The third-order valence-corrected chi connectivity index (χ3v) is 4.47. The van der Waals surface area contributed by atoms with Gasteiger partial charge in [-0.2, -0.15) is 26.3 Å². The molecule has 1 aliphatic rings. The number of nitrogens with two attached hydrogens (primary N) is 1. The second kappa shape index (κ2) is 10.5. The van der Waals surface area contributed by atoms with Gasteiger partial charge in [-0.05, 0) is 18.2 Å². The number of morpholine rings is 1. The smallest absolute Gasteiger partial charge is 0.370 e. The van der Waals surface area contributed by atoms with Gasteiger partial charge in [0.2, 0.25) is 5.91 Å². The van der Waals surface area contributed by atoms with Gasteiger partial charge >= 0.3 is 12.4 Å². The number of carbonyl (C=O) groups is 3. The lowest BCUT2D eigenvalue weighted by molar-refractivity contribution is -0.187. The van der Waals surface area contributed by atoms with Gasteiger partial charge in [0.25, 0.3) is 18.2 Å². The SMILES string of the molecule is NC(=O)[C@@H](C(=O)Nc1ccc(N2CCOCC2=O)cc1C(F)F)N(CC(F)(F)F)CC(F)(F)F. The van der Waals surface area contributed by atoms with E-state index in [0.717, 1.165) is 23.1 Å². The number of primary amides is 1. The summed E-state index contributed by atoms with van der Waals surface area (Å²) in [5.41, 5.74) is 3.28. The van der Waals surface area contributed by atoms with Crippen LogP contribution in [-0.4, -0.2) is 73.9 Å². The molecule has 1 aromatic rings. The normalized spacial score (nSPS) is 16.2. The Bertz CT molecular complexity index is 906. The molecule has 3 amide bonds. The highest BCUT2D eigenvalue weighted by Crippen LogP contribution is 2.32. The number of benzene rings is 1. The zero-order chi connectivity index (χ0) is 25.8. The predicted octanol–water partition coefficient (Wildman–Crippen LogP) is 2.21. The van der Waals surface area contributed by atoms with Gasteiger partial charge in [-0.25, -0.2) is 8.78 Å². The number of nitrogens with one attached hydrogen (secondary N) is 1. The Kier molecular flexibility index (Phi) is 8.41. The van der Waals surface area contributed by atoms with E-state index in [1.54, 1.807) is 5.32 Å². The highest BCUT2D eigenvalue weighted by Gasteiger charge is 2.44. The fourth-order valence-corrected chi connectivity index (χ4v) is 3.18. The molecule has 0 radical (unpaired) electrons. The topological polar surface area (TPSA) is 105 Å². The fourth-order valence-electron chi connectivity index (χ4n) is 3.18. The first-order valence-corrected chi connectivity index (χ1v) is 9.37. The minimum Gasteiger partial charge on any atom is -0.370 e. The molecule has 0 unspecified atom stereocenters. The first kappa shape index (κ1) is 27.2. The standard InChI is InChI=1S/C18H18F8N4O4/c19-14(20)10-5-9(30-3-4-34-6-12(30)31)1-2-11(10)28-16(33)13(15(27)32)29(7-17(21,22)23)8-18(24,25)26/h1-2,5,13-14H,3-4,6-8H2,(H2,27,32)(H,28,33)/t13-/m0/s1. The van der Waals surface area contributed by atoms with Crippen LogP contribution in [0.3, 0.4) is 0 Å². The zero-order valence-corrected chi connectivity index (χ0v) is 17.1. The van der Waals surface area contributed by atoms with Gasteiger partial charge in [-0.15, -0.1) is 0 Å². The van der Waals surface area contributed by atoms with Crippen molar-refractivity contribution in [1.29, 1.82) is 0 Å². The molecule has 8 nitrogen and oxygen atoms in total. The van der Waals surface area contributed by atoms with Gasteiger partial charge in [0.05, 0.1) is 19.7 Å². The molecular formula is C18H18F8N4O4. The maximum absolute atomic E-state index is 13.6. The van der Waals surface area contributed by atoms with Gasteiger partial charge in [0.1, 0.15) is 6.61 Å². The summed E-state index contributed by atoms with van der Waals surface area (Å²) >= 11 is 0. The van der Waals surface area contributed by atoms with Crippen molar-refractivity contribution < 1.29 is 54.2 Å². The summed E-state index contributed by atoms with van der Waals surface area (Å²) < 4.78 is 109. The van der Waals surface area contributed by atoms with Crippen LogP contribution in [0.1, 0.15) is 12.0 Å². The van der Waals surface area contributed by atoms with Crippen LogP contribution in [-0.2, 0) is 19.1 Å². The largest absolute Gasteiger partial charge is 0.401 e. The van der Waals surface area contributed by atoms with Crippen molar-refractivity contribution >= 4 is 29.1 Å². The molecule has 2 rings (SSSR count). The van der Waals surface area contributed by atoms with Crippen molar-refractivity contribution in [3.63, 3.8) is 0 Å². The molecule has 1 fully saturated rings. The first-order chi connectivity index (χ1) is 15.6. The molecule has 0 aromatic heterocycles.